The lowest BCUT2D eigenvalue weighted by Gasteiger charge is -2.12. The van der Waals surface area contributed by atoms with Gasteiger partial charge in [0, 0.05) is 24.4 Å². The molecule has 1 aromatic carbocycles. The lowest BCUT2D eigenvalue weighted by Crippen LogP contribution is -2.29. The average Bonchev–Trinajstić information content (AvgIpc) is 2.35. The van der Waals surface area contributed by atoms with Crippen LogP contribution in [0, 0.1) is 10.1 Å². The van der Waals surface area contributed by atoms with Crippen molar-refractivity contribution in [2.75, 3.05) is 18.4 Å². The Morgan fingerprint density at radius 1 is 1.40 bits per heavy atom. The first-order valence-electron chi connectivity index (χ1n) is 6.39. The highest BCUT2D eigenvalue weighted by Crippen LogP contribution is 2.26. The van der Waals surface area contributed by atoms with Gasteiger partial charge >= 0.3 is 0 Å². The van der Waals surface area contributed by atoms with Crippen molar-refractivity contribution in [1.29, 1.82) is 0 Å². The van der Waals surface area contributed by atoms with Crippen molar-refractivity contribution in [2.45, 2.75) is 26.9 Å². The minimum Gasteiger partial charge on any atom is -0.491 e. The van der Waals surface area contributed by atoms with Crippen LogP contribution in [0.5, 0.6) is 5.75 Å². The van der Waals surface area contributed by atoms with Gasteiger partial charge in [-0.05, 0) is 20.8 Å². The van der Waals surface area contributed by atoms with Crippen molar-refractivity contribution >= 4 is 17.3 Å². The zero-order valence-corrected chi connectivity index (χ0v) is 11.8. The van der Waals surface area contributed by atoms with Crippen molar-refractivity contribution < 1.29 is 14.5 Å². The fraction of sp³-hybridized carbons (Fsp3) is 0.462. The average molecular weight is 281 g/mol. The first kappa shape index (κ1) is 15.7. The fourth-order valence-corrected chi connectivity index (χ4v) is 1.57. The van der Waals surface area contributed by atoms with Gasteiger partial charge < -0.3 is 15.4 Å². The monoisotopic (exact) mass is 281 g/mol. The highest BCUT2D eigenvalue weighted by Gasteiger charge is 2.12. The minimum atomic E-state index is -0.496. The number of nitrogens with zero attached hydrogens (tertiary/aromatic N) is 1. The van der Waals surface area contributed by atoms with E-state index in [9.17, 15) is 14.9 Å². The van der Waals surface area contributed by atoms with E-state index in [-0.39, 0.29) is 24.2 Å². The zero-order valence-electron chi connectivity index (χ0n) is 11.8. The van der Waals surface area contributed by atoms with Crippen LogP contribution < -0.4 is 15.4 Å². The number of likely N-dealkylation sites (N-methyl/N-ethyl adjacent to an activating group) is 1. The van der Waals surface area contributed by atoms with Gasteiger partial charge in [-0.25, -0.2) is 0 Å². The van der Waals surface area contributed by atoms with Gasteiger partial charge in [-0.3, -0.25) is 14.9 Å². The Bertz CT molecular complexity index is 489. The Labute approximate surface area is 117 Å². The van der Waals surface area contributed by atoms with Gasteiger partial charge in [0.2, 0.25) is 5.91 Å². The number of anilines is 1. The van der Waals surface area contributed by atoms with Crippen LogP contribution in [0.2, 0.25) is 0 Å². The van der Waals surface area contributed by atoms with E-state index in [0.29, 0.717) is 18.0 Å². The van der Waals surface area contributed by atoms with Crippen molar-refractivity contribution in [3.63, 3.8) is 0 Å². The maximum Gasteiger partial charge on any atom is 0.275 e. The number of hydrogen-bond donors (Lipinski definition) is 2. The summed E-state index contributed by atoms with van der Waals surface area (Å²) < 4.78 is 5.45. The van der Waals surface area contributed by atoms with Crippen LogP contribution >= 0.6 is 0 Å². The first-order chi connectivity index (χ1) is 9.42. The number of carbonyl (C=O) groups is 1. The van der Waals surface area contributed by atoms with E-state index in [2.05, 4.69) is 10.6 Å². The second kappa shape index (κ2) is 7.32. The van der Waals surface area contributed by atoms with Gasteiger partial charge in [-0.15, -0.1) is 0 Å². The lowest BCUT2D eigenvalue weighted by atomic mass is 10.2. The molecule has 7 nitrogen and oxygen atoms in total. The molecular weight excluding hydrogens is 262 g/mol. The number of hydrogen-bond acceptors (Lipinski definition) is 5. The molecule has 0 saturated carbocycles. The third-order valence-corrected chi connectivity index (χ3v) is 2.30. The van der Waals surface area contributed by atoms with Crippen LogP contribution in [0.1, 0.15) is 20.8 Å². The van der Waals surface area contributed by atoms with Crippen LogP contribution in [-0.2, 0) is 4.79 Å². The van der Waals surface area contributed by atoms with E-state index in [4.69, 9.17) is 4.74 Å². The quantitative estimate of drug-likeness (QED) is 0.588. The topological polar surface area (TPSA) is 93.5 Å². The molecule has 0 radical (unpaired) electrons. The second-order valence-corrected chi connectivity index (χ2v) is 4.45. The predicted octanol–water partition coefficient (Wildman–Crippen LogP) is 1.93. The van der Waals surface area contributed by atoms with Crippen molar-refractivity contribution in [3.05, 3.63) is 28.3 Å². The summed E-state index contributed by atoms with van der Waals surface area (Å²) in [6, 6.07) is 4.36. The highest BCUT2D eigenvalue weighted by molar-refractivity contribution is 5.80. The molecule has 0 aliphatic rings. The molecule has 1 aromatic rings. The summed E-state index contributed by atoms with van der Waals surface area (Å²) >= 11 is 0. The van der Waals surface area contributed by atoms with Gasteiger partial charge in [0.25, 0.3) is 5.69 Å². The maximum absolute atomic E-state index is 11.4. The molecule has 0 aliphatic heterocycles. The van der Waals surface area contributed by atoms with Crippen LogP contribution in [0.15, 0.2) is 18.2 Å². The van der Waals surface area contributed by atoms with Gasteiger partial charge in [-0.1, -0.05) is 0 Å². The Hall–Kier alpha value is -2.31. The first-order valence-corrected chi connectivity index (χ1v) is 6.39. The van der Waals surface area contributed by atoms with Crippen molar-refractivity contribution in [2.24, 2.45) is 0 Å². The number of nitrogens with one attached hydrogen (secondary N) is 2. The lowest BCUT2D eigenvalue weighted by molar-refractivity contribution is -0.384. The van der Waals surface area contributed by atoms with Crippen LogP contribution in [0.3, 0.4) is 0 Å². The van der Waals surface area contributed by atoms with Gasteiger partial charge in [-0.2, -0.15) is 0 Å². The smallest absolute Gasteiger partial charge is 0.275 e. The molecule has 0 heterocycles. The summed E-state index contributed by atoms with van der Waals surface area (Å²) in [6.07, 6.45) is -0.0896. The molecule has 0 atom stereocenters. The van der Waals surface area contributed by atoms with E-state index in [0.717, 1.165) is 0 Å². The molecule has 0 spiro atoms. The van der Waals surface area contributed by atoms with Gasteiger partial charge in [0.15, 0.2) is 0 Å². The Morgan fingerprint density at radius 3 is 2.65 bits per heavy atom. The van der Waals surface area contributed by atoms with E-state index < -0.39 is 4.92 Å². The molecule has 110 valence electrons. The summed E-state index contributed by atoms with van der Waals surface area (Å²) in [4.78, 5) is 21.7. The normalized spacial score (nSPS) is 10.2. The number of nitro groups is 1. The molecule has 0 unspecified atom stereocenters. The van der Waals surface area contributed by atoms with E-state index >= 15 is 0 Å². The van der Waals surface area contributed by atoms with Gasteiger partial charge in [0.05, 0.1) is 23.6 Å². The van der Waals surface area contributed by atoms with Crippen molar-refractivity contribution in [3.8, 4) is 5.75 Å². The minimum absolute atomic E-state index is 0.0517. The Morgan fingerprint density at radius 2 is 2.10 bits per heavy atom. The summed E-state index contributed by atoms with van der Waals surface area (Å²) in [7, 11) is 0. The SMILES string of the molecule is CCNC(=O)CNc1cc(OC(C)C)cc([N+](=O)[O-])c1. The van der Waals surface area contributed by atoms with Crippen molar-refractivity contribution in [1.82, 2.24) is 5.32 Å². The molecule has 0 bridgehead atoms. The molecular formula is C13H19N3O4. The van der Waals surface area contributed by atoms with Crippen LogP contribution in [-0.4, -0.2) is 30.0 Å². The molecule has 7 heteroatoms. The maximum atomic E-state index is 11.4. The summed E-state index contributed by atoms with van der Waals surface area (Å²) in [6.45, 7) is 6.08. The fourth-order valence-electron chi connectivity index (χ4n) is 1.57. The summed E-state index contributed by atoms with van der Waals surface area (Å²) in [5.74, 6) is 0.220. The molecule has 1 amide bonds. The molecule has 20 heavy (non-hydrogen) atoms. The molecule has 0 fully saturated rings. The third kappa shape index (κ3) is 5.13. The van der Waals surface area contributed by atoms with Crippen LogP contribution in [0.25, 0.3) is 0 Å². The molecule has 0 aromatic heterocycles. The number of rotatable bonds is 7. The molecule has 0 aliphatic carbocycles. The Kier molecular flexibility index (Phi) is 5.76. The number of amides is 1. The number of ether oxygens (including phenoxy) is 1. The van der Waals surface area contributed by atoms with E-state index in [1.54, 1.807) is 6.07 Å². The number of benzene rings is 1. The second-order valence-electron chi connectivity index (χ2n) is 4.45. The van der Waals surface area contributed by atoms with Crippen LogP contribution in [0.4, 0.5) is 11.4 Å². The molecule has 1 rings (SSSR count). The molecule has 2 N–H and O–H groups in total. The summed E-state index contributed by atoms with van der Waals surface area (Å²) in [5, 5.41) is 16.3. The Balaban J connectivity index is 2.85. The zero-order chi connectivity index (χ0) is 15.1. The number of non-ortho nitro benzene ring substituents is 1. The number of nitro benzene ring substituents is 1. The standard InChI is InChI=1S/C13H19N3O4/c1-4-14-13(17)8-15-10-5-11(16(18)19)7-12(6-10)20-9(2)3/h5-7,9,15H,4,8H2,1-3H3,(H,14,17). The predicted molar refractivity (Wildman–Crippen MR) is 76.0 cm³/mol. The number of carbonyl (C=O) groups excluding carboxylic acids is 1. The largest absolute Gasteiger partial charge is 0.491 e. The van der Waals surface area contributed by atoms with E-state index in [1.165, 1.54) is 12.1 Å². The molecule has 0 saturated heterocycles. The summed E-state index contributed by atoms with van der Waals surface area (Å²) in [5.41, 5.74) is 0.391. The van der Waals surface area contributed by atoms with Gasteiger partial charge in [0.1, 0.15) is 5.75 Å². The van der Waals surface area contributed by atoms with E-state index in [1.807, 2.05) is 20.8 Å². The third-order valence-electron chi connectivity index (χ3n) is 2.30. The highest BCUT2D eigenvalue weighted by atomic mass is 16.6.